The number of rotatable bonds is 3. The molecule has 1 amide bonds. The first-order valence-electron chi connectivity index (χ1n) is 6.53. The van der Waals surface area contributed by atoms with Gasteiger partial charge in [-0.3, -0.25) is 4.79 Å². The average molecular weight is 337 g/mol. The molecular weight excluding hydrogens is 318 g/mol. The predicted octanol–water partition coefficient (Wildman–Crippen LogP) is 2.24. The molecule has 0 radical (unpaired) electrons. The molecule has 0 aromatic heterocycles. The molecule has 1 aromatic rings. The fourth-order valence-corrected chi connectivity index (χ4v) is 2.47. The Kier molecular flexibility index (Phi) is 6.87. The van der Waals surface area contributed by atoms with Gasteiger partial charge in [0.2, 0.25) is 5.91 Å². The van der Waals surface area contributed by atoms with Crippen molar-refractivity contribution in [2.24, 2.45) is 0 Å². The molecule has 21 heavy (non-hydrogen) atoms. The van der Waals surface area contributed by atoms with Crippen LogP contribution >= 0.6 is 24.0 Å². The van der Waals surface area contributed by atoms with E-state index in [1.807, 2.05) is 6.92 Å². The summed E-state index contributed by atoms with van der Waals surface area (Å²) >= 11 is 5.97. The van der Waals surface area contributed by atoms with Crippen molar-refractivity contribution in [1.29, 1.82) is 0 Å². The molecule has 118 valence electrons. The van der Waals surface area contributed by atoms with Crippen molar-refractivity contribution in [3.63, 3.8) is 0 Å². The highest BCUT2D eigenvalue weighted by Gasteiger charge is 2.30. The molecule has 4 nitrogen and oxygen atoms in total. The number of nitrogens with one attached hydrogen (secondary N) is 1. The summed E-state index contributed by atoms with van der Waals surface area (Å²) in [6, 6.07) is 4.09. The summed E-state index contributed by atoms with van der Waals surface area (Å²) in [7, 11) is 1.63. The second-order valence-corrected chi connectivity index (χ2v) is 5.31. The third-order valence-electron chi connectivity index (χ3n) is 3.42. The van der Waals surface area contributed by atoms with Crippen molar-refractivity contribution in [2.75, 3.05) is 20.2 Å². The maximum absolute atomic E-state index is 13.7. The van der Waals surface area contributed by atoms with Crippen LogP contribution in [0.2, 0.25) is 5.02 Å². The Morgan fingerprint density at radius 3 is 2.90 bits per heavy atom. The Morgan fingerprint density at radius 1 is 1.57 bits per heavy atom. The lowest BCUT2D eigenvalue weighted by Crippen LogP contribution is -2.55. The van der Waals surface area contributed by atoms with Crippen molar-refractivity contribution in [1.82, 2.24) is 10.2 Å². The van der Waals surface area contributed by atoms with Gasteiger partial charge >= 0.3 is 0 Å². The van der Waals surface area contributed by atoms with Crippen molar-refractivity contribution in [2.45, 2.75) is 25.6 Å². The molecule has 0 unspecified atom stereocenters. The predicted molar refractivity (Wildman–Crippen MR) is 82.3 cm³/mol. The number of nitrogens with zero attached hydrogens (tertiary/aromatic N) is 1. The Morgan fingerprint density at radius 2 is 2.29 bits per heavy atom. The van der Waals surface area contributed by atoms with Crippen molar-refractivity contribution < 1.29 is 13.9 Å². The number of halogens is 3. The van der Waals surface area contributed by atoms with Crippen LogP contribution in [0, 0.1) is 5.82 Å². The Labute approximate surface area is 135 Å². The monoisotopic (exact) mass is 336 g/mol. The minimum atomic E-state index is -0.405. The molecular formula is C14H19Cl2FN2O2. The van der Waals surface area contributed by atoms with E-state index >= 15 is 0 Å². The van der Waals surface area contributed by atoms with E-state index in [1.165, 1.54) is 11.0 Å². The fraction of sp³-hybridized carbons (Fsp3) is 0.500. The van der Waals surface area contributed by atoms with E-state index in [0.717, 1.165) is 0 Å². The normalized spacial score (nSPS) is 21.5. The van der Waals surface area contributed by atoms with Gasteiger partial charge in [-0.05, 0) is 19.1 Å². The molecule has 1 aliphatic heterocycles. The van der Waals surface area contributed by atoms with E-state index in [-0.39, 0.29) is 31.0 Å². The molecule has 0 saturated carbocycles. The van der Waals surface area contributed by atoms with Gasteiger partial charge in [0.05, 0.1) is 12.7 Å². The molecule has 0 bridgehead atoms. The van der Waals surface area contributed by atoms with E-state index in [1.54, 1.807) is 19.2 Å². The lowest BCUT2D eigenvalue weighted by atomic mass is 10.1. The summed E-state index contributed by atoms with van der Waals surface area (Å²) in [4.78, 5) is 13.8. The average Bonchev–Trinajstić information content (AvgIpc) is 2.42. The molecule has 0 aliphatic carbocycles. The largest absolute Gasteiger partial charge is 0.375 e. The van der Waals surface area contributed by atoms with E-state index in [2.05, 4.69) is 5.32 Å². The molecule has 1 aliphatic rings. The van der Waals surface area contributed by atoms with Crippen LogP contribution in [0.25, 0.3) is 0 Å². The number of benzene rings is 1. The number of carbonyl (C=O) groups excluding carboxylic acids is 1. The van der Waals surface area contributed by atoms with Gasteiger partial charge in [-0.1, -0.05) is 17.7 Å². The summed E-state index contributed by atoms with van der Waals surface area (Å²) in [5.74, 6) is -0.533. The summed E-state index contributed by atoms with van der Waals surface area (Å²) in [6.07, 6.45) is -0.199. The second-order valence-electron chi connectivity index (χ2n) is 4.90. The molecule has 2 rings (SSSR count). The number of ether oxygens (including phenoxy) is 1. The third-order valence-corrected chi connectivity index (χ3v) is 3.77. The molecule has 0 spiro atoms. The first kappa shape index (κ1) is 18.2. The minimum absolute atomic E-state index is 0. The van der Waals surface area contributed by atoms with E-state index in [0.29, 0.717) is 23.7 Å². The van der Waals surface area contributed by atoms with Gasteiger partial charge in [0.1, 0.15) is 11.9 Å². The number of hydrogen-bond donors (Lipinski definition) is 1. The van der Waals surface area contributed by atoms with Gasteiger partial charge in [0.15, 0.2) is 0 Å². The van der Waals surface area contributed by atoms with E-state index in [4.69, 9.17) is 16.3 Å². The fourth-order valence-electron chi connectivity index (χ4n) is 2.25. The Bertz CT molecular complexity index is 482. The second kappa shape index (κ2) is 7.94. The van der Waals surface area contributed by atoms with Gasteiger partial charge < -0.3 is 15.0 Å². The molecule has 1 aromatic carbocycles. The zero-order valence-corrected chi connectivity index (χ0v) is 13.5. The molecule has 1 N–H and O–H groups in total. The maximum Gasteiger partial charge on any atom is 0.242 e. The highest BCUT2D eigenvalue weighted by atomic mass is 35.5. The van der Waals surface area contributed by atoms with Crippen LogP contribution < -0.4 is 5.32 Å². The number of hydrogen-bond acceptors (Lipinski definition) is 3. The van der Waals surface area contributed by atoms with Crippen molar-refractivity contribution in [3.8, 4) is 0 Å². The summed E-state index contributed by atoms with van der Waals surface area (Å²) in [6.45, 7) is 3.21. The zero-order valence-electron chi connectivity index (χ0n) is 11.9. The maximum atomic E-state index is 13.7. The van der Waals surface area contributed by atoms with Crippen LogP contribution in [0.5, 0.6) is 0 Å². The first-order chi connectivity index (χ1) is 9.50. The summed E-state index contributed by atoms with van der Waals surface area (Å²) in [5, 5.41) is 3.45. The highest BCUT2D eigenvalue weighted by Crippen LogP contribution is 2.21. The van der Waals surface area contributed by atoms with Gasteiger partial charge in [0.25, 0.3) is 0 Å². The quantitative estimate of drug-likeness (QED) is 0.920. The molecule has 1 fully saturated rings. The SMILES string of the molecule is C[C@H]1OCCN[C@@H]1C(=O)N(C)Cc1c(F)cccc1Cl.Cl. The van der Waals surface area contributed by atoms with Gasteiger partial charge in [-0.25, -0.2) is 4.39 Å². The lowest BCUT2D eigenvalue weighted by molar-refractivity contribution is -0.138. The number of amides is 1. The molecule has 7 heteroatoms. The van der Waals surface area contributed by atoms with E-state index in [9.17, 15) is 9.18 Å². The lowest BCUT2D eigenvalue weighted by Gasteiger charge is -2.32. The zero-order chi connectivity index (χ0) is 14.7. The topological polar surface area (TPSA) is 41.6 Å². The number of carbonyl (C=O) groups is 1. The smallest absolute Gasteiger partial charge is 0.242 e. The molecule has 1 saturated heterocycles. The van der Waals surface area contributed by atoms with Crippen LogP contribution in [0.3, 0.4) is 0 Å². The Balaban J connectivity index is 0.00000220. The van der Waals surface area contributed by atoms with Crippen LogP contribution in [0.4, 0.5) is 4.39 Å². The van der Waals surface area contributed by atoms with Crippen LogP contribution in [0.15, 0.2) is 18.2 Å². The van der Waals surface area contributed by atoms with Gasteiger partial charge in [-0.2, -0.15) is 0 Å². The van der Waals surface area contributed by atoms with Gasteiger partial charge in [0, 0.05) is 30.7 Å². The number of morpholine rings is 1. The summed E-state index contributed by atoms with van der Waals surface area (Å²) < 4.78 is 19.2. The first-order valence-corrected chi connectivity index (χ1v) is 6.91. The van der Waals surface area contributed by atoms with Crippen LogP contribution in [-0.2, 0) is 16.1 Å². The minimum Gasteiger partial charge on any atom is -0.375 e. The summed E-state index contributed by atoms with van der Waals surface area (Å²) in [5.41, 5.74) is 0.328. The third kappa shape index (κ3) is 4.30. The Hall–Kier alpha value is -0.880. The van der Waals surface area contributed by atoms with E-state index < -0.39 is 11.9 Å². The number of likely N-dealkylation sites (N-methyl/N-ethyl adjacent to an activating group) is 1. The highest BCUT2D eigenvalue weighted by molar-refractivity contribution is 6.31. The van der Waals surface area contributed by atoms with Crippen LogP contribution in [-0.4, -0.2) is 43.2 Å². The van der Waals surface area contributed by atoms with Crippen LogP contribution in [0.1, 0.15) is 12.5 Å². The molecule has 2 atom stereocenters. The molecule has 1 heterocycles. The van der Waals surface area contributed by atoms with Crippen molar-refractivity contribution in [3.05, 3.63) is 34.6 Å². The standard InChI is InChI=1S/C14H18ClFN2O2.ClH/c1-9-13(17-6-7-20-9)14(19)18(2)8-10-11(15)4-3-5-12(10)16;/h3-5,9,13,17H,6-8H2,1-2H3;1H/t9-,13+;/m1./s1. The van der Waals surface area contributed by atoms with Gasteiger partial charge in [-0.15, -0.1) is 12.4 Å². The van der Waals surface area contributed by atoms with Crippen molar-refractivity contribution >= 4 is 29.9 Å².